The van der Waals surface area contributed by atoms with Gasteiger partial charge in [0.15, 0.2) is 0 Å². The molecule has 132 valence electrons. The zero-order valence-corrected chi connectivity index (χ0v) is 14.3. The first-order chi connectivity index (χ1) is 12.2. The lowest BCUT2D eigenvalue weighted by Crippen LogP contribution is -2.43. The number of pyridine rings is 1. The van der Waals surface area contributed by atoms with Crippen molar-refractivity contribution in [3.8, 4) is 0 Å². The highest BCUT2D eigenvalue weighted by Gasteiger charge is 2.42. The number of hydrogen-bond acceptors (Lipinski definition) is 5. The molecule has 0 N–H and O–H groups in total. The van der Waals surface area contributed by atoms with Crippen molar-refractivity contribution in [3.63, 3.8) is 0 Å². The van der Waals surface area contributed by atoms with Gasteiger partial charge in [-0.15, -0.1) is 0 Å². The van der Waals surface area contributed by atoms with Crippen LogP contribution in [0.4, 0.5) is 0 Å². The molecule has 1 spiro atoms. The molecule has 4 heterocycles. The van der Waals surface area contributed by atoms with E-state index in [0.717, 1.165) is 38.4 Å². The van der Waals surface area contributed by atoms with Gasteiger partial charge in [-0.05, 0) is 37.2 Å². The number of furan rings is 1. The second-order valence-electron chi connectivity index (χ2n) is 7.06. The molecule has 0 saturated carbocycles. The maximum absolute atomic E-state index is 12.8. The molecule has 0 aliphatic carbocycles. The van der Waals surface area contributed by atoms with Crippen LogP contribution >= 0.6 is 0 Å². The van der Waals surface area contributed by atoms with Crippen molar-refractivity contribution < 1.29 is 13.9 Å². The van der Waals surface area contributed by atoms with Crippen LogP contribution in [0, 0.1) is 5.41 Å². The zero-order chi connectivity index (χ0) is 17.1. The second-order valence-corrected chi connectivity index (χ2v) is 7.06. The van der Waals surface area contributed by atoms with Crippen molar-refractivity contribution in [3.05, 3.63) is 54.2 Å². The van der Waals surface area contributed by atoms with Gasteiger partial charge in [-0.2, -0.15) is 0 Å². The Kier molecular flexibility index (Phi) is 4.55. The third-order valence-corrected chi connectivity index (χ3v) is 5.13. The molecule has 25 heavy (non-hydrogen) atoms. The van der Waals surface area contributed by atoms with Gasteiger partial charge >= 0.3 is 0 Å². The minimum atomic E-state index is 0.00574. The van der Waals surface area contributed by atoms with Gasteiger partial charge in [-0.25, -0.2) is 0 Å². The van der Waals surface area contributed by atoms with E-state index in [1.807, 2.05) is 17.0 Å². The molecule has 6 nitrogen and oxygen atoms in total. The Balaban J connectivity index is 1.46. The Bertz CT molecular complexity index is 704. The van der Waals surface area contributed by atoms with Gasteiger partial charge in [0.2, 0.25) is 0 Å². The Morgan fingerprint density at radius 2 is 2.08 bits per heavy atom. The van der Waals surface area contributed by atoms with E-state index in [9.17, 15) is 4.79 Å². The van der Waals surface area contributed by atoms with Gasteiger partial charge in [-0.3, -0.25) is 14.7 Å². The van der Waals surface area contributed by atoms with Crippen molar-refractivity contribution in [2.24, 2.45) is 5.41 Å². The number of hydrogen-bond donors (Lipinski definition) is 0. The van der Waals surface area contributed by atoms with E-state index in [4.69, 9.17) is 9.15 Å². The van der Waals surface area contributed by atoms with Crippen molar-refractivity contribution >= 4 is 5.91 Å². The van der Waals surface area contributed by atoms with E-state index in [-0.39, 0.29) is 11.3 Å². The summed E-state index contributed by atoms with van der Waals surface area (Å²) in [5.74, 6) is 1.05. The Morgan fingerprint density at radius 3 is 2.88 bits per heavy atom. The van der Waals surface area contributed by atoms with Crippen LogP contribution in [-0.4, -0.2) is 60.1 Å². The lowest BCUT2D eigenvalue weighted by Gasteiger charge is -2.32. The van der Waals surface area contributed by atoms with Gasteiger partial charge in [-0.1, -0.05) is 0 Å². The molecule has 2 aliphatic heterocycles. The molecular formula is C19H23N3O3. The van der Waals surface area contributed by atoms with Crippen LogP contribution in [0.5, 0.6) is 0 Å². The fourth-order valence-electron chi connectivity index (χ4n) is 3.88. The summed E-state index contributed by atoms with van der Waals surface area (Å²) in [5, 5.41) is 0. The molecule has 0 aromatic carbocycles. The van der Waals surface area contributed by atoms with Gasteiger partial charge in [0.25, 0.3) is 5.91 Å². The fourth-order valence-corrected chi connectivity index (χ4v) is 3.88. The van der Waals surface area contributed by atoms with E-state index >= 15 is 0 Å². The van der Waals surface area contributed by atoms with Crippen LogP contribution in [0.1, 0.15) is 22.5 Å². The summed E-state index contributed by atoms with van der Waals surface area (Å²) in [4.78, 5) is 21.2. The van der Waals surface area contributed by atoms with E-state index in [1.54, 1.807) is 30.8 Å². The molecule has 1 unspecified atom stereocenters. The highest BCUT2D eigenvalue weighted by Crippen LogP contribution is 2.34. The SMILES string of the molecule is O=C(c1ccncc1)N1CCOCC2(CCN(Cc3ccco3)C2)C1. The first kappa shape index (κ1) is 16.3. The molecule has 2 fully saturated rings. The third-order valence-electron chi connectivity index (χ3n) is 5.13. The average Bonchev–Trinajstić information content (AvgIpc) is 3.23. The van der Waals surface area contributed by atoms with Crippen LogP contribution in [0.15, 0.2) is 47.3 Å². The lowest BCUT2D eigenvalue weighted by atomic mass is 9.87. The summed E-state index contributed by atoms with van der Waals surface area (Å²) < 4.78 is 11.3. The normalized spacial score (nSPS) is 24.6. The number of carbonyl (C=O) groups is 1. The summed E-state index contributed by atoms with van der Waals surface area (Å²) in [7, 11) is 0. The smallest absolute Gasteiger partial charge is 0.254 e. The predicted octanol–water partition coefficient (Wildman–Crippen LogP) is 2.04. The summed E-state index contributed by atoms with van der Waals surface area (Å²) in [6.07, 6.45) is 6.08. The Labute approximate surface area is 147 Å². The summed E-state index contributed by atoms with van der Waals surface area (Å²) >= 11 is 0. The number of rotatable bonds is 3. The van der Waals surface area contributed by atoms with E-state index < -0.39 is 0 Å². The van der Waals surface area contributed by atoms with Gasteiger partial charge in [0.05, 0.1) is 26.0 Å². The maximum atomic E-state index is 12.8. The minimum absolute atomic E-state index is 0.00574. The van der Waals surface area contributed by atoms with E-state index in [0.29, 0.717) is 25.3 Å². The van der Waals surface area contributed by atoms with Gasteiger partial charge in [0.1, 0.15) is 5.76 Å². The largest absolute Gasteiger partial charge is 0.468 e. The quantitative estimate of drug-likeness (QED) is 0.855. The minimum Gasteiger partial charge on any atom is -0.468 e. The maximum Gasteiger partial charge on any atom is 0.254 e. The highest BCUT2D eigenvalue weighted by molar-refractivity contribution is 5.94. The molecule has 4 rings (SSSR count). The molecule has 6 heteroatoms. The average molecular weight is 341 g/mol. The topological polar surface area (TPSA) is 58.8 Å². The Hall–Kier alpha value is -2.18. The number of ether oxygens (including phenoxy) is 1. The molecule has 2 aromatic rings. The van der Waals surface area contributed by atoms with Crippen molar-refractivity contribution in [1.82, 2.24) is 14.8 Å². The number of amides is 1. The molecule has 2 saturated heterocycles. The van der Waals surface area contributed by atoms with Crippen LogP contribution in [0.25, 0.3) is 0 Å². The van der Waals surface area contributed by atoms with Crippen LogP contribution in [-0.2, 0) is 11.3 Å². The molecule has 2 aliphatic rings. The van der Waals surface area contributed by atoms with Crippen molar-refractivity contribution in [2.45, 2.75) is 13.0 Å². The molecule has 0 bridgehead atoms. The first-order valence-corrected chi connectivity index (χ1v) is 8.76. The lowest BCUT2D eigenvalue weighted by molar-refractivity contribution is 0.0640. The summed E-state index contributed by atoms with van der Waals surface area (Å²) in [6, 6.07) is 7.48. The molecule has 1 amide bonds. The fraction of sp³-hybridized carbons (Fsp3) is 0.474. The number of nitrogens with zero attached hydrogens (tertiary/aromatic N) is 3. The van der Waals surface area contributed by atoms with Crippen molar-refractivity contribution in [1.29, 1.82) is 0 Å². The molecule has 0 radical (unpaired) electrons. The molecular weight excluding hydrogens is 318 g/mol. The van der Waals surface area contributed by atoms with Crippen molar-refractivity contribution in [2.75, 3.05) is 39.4 Å². The van der Waals surface area contributed by atoms with Gasteiger partial charge in [0, 0.05) is 43.0 Å². The molecule has 1 atom stereocenters. The Morgan fingerprint density at radius 1 is 1.20 bits per heavy atom. The number of likely N-dealkylation sites (tertiary alicyclic amines) is 1. The number of carbonyl (C=O) groups excluding carboxylic acids is 1. The van der Waals surface area contributed by atoms with Crippen LogP contribution in [0.2, 0.25) is 0 Å². The standard InChI is InChI=1S/C19H23N3O3/c23-18(16-3-6-20-7-4-16)22-9-11-24-15-19(14-22)5-8-21(13-19)12-17-2-1-10-25-17/h1-4,6-7,10H,5,8-9,11-15H2. The second kappa shape index (κ2) is 6.98. The monoisotopic (exact) mass is 341 g/mol. The predicted molar refractivity (Wildman–Crippen MR) is 92.0 cm³/mol. The molecule has 2 aromatic heterocycles. The summed E-state index contributed by atoms with van der Waals surface area (Å²) in [6.45, 7) is 5.42. The first-order valence-electron chi connectivity index (χ1n) is 8.76. The van der Waals surface area contributed by atoms with Gasteiger partial charge < -0.3 is 14.1 Å². The van der Waals surface area contributed by atoms with E-state index in [1.165, 1.54) is 0 Å². The highest BCUT2D eigenvalue weighted by atomic mass is 16.5. The van der Waals surface area contributed by atoms with E-state index in [2.05, 4.69) is 9.88 Å². The third kappa shape index (κ3) is 3.60. The number of aromatic nitrogens is 1. The summed E-state index contributed by atoms with van der Waals surface area (Å²) in [5.41, 5.74) is 0.698. The zero-order valence-electron chi connectivity index (χ0n) is 14.3. The van der Waals surface area contributed by atoms with Crippen LogP contribution in [0.3, 0.4) is 0 Å². The van der Waals surface area contributed by atoms with Crippen LogP contribution < -0.4 is 0 Å².